The molecule has 2 aliphatic heterocycles. The van der Waals surface area contributed by atoms with Gasteiger partial charge in [0.05, 0.1) is 11.2 Å². The number of aromatic nitrogens is 2. The largest absolute Gasteiger partial charge is 0.315 e. The first kappa shape index (κ1) is 13.4. The number of hydrogen-bond donors (Lipinski definition) is 1. The van der Waals surface area contributed by atoms with Crippen molar-refractivity contribution in [1.29, 1.82) is 0 Å². The maximum absolute atomic E-state index is 12.9. The number of sulfonamides is 1. The van der Waals surface area contributed by atoms with E-state index >= 15 is 0 Å². The number of fused-ring (bicyclic) bond motifs is 2. The highest BCUT2D eigenvalue weighted by Crippen LogP contribution is 2.35. The molecule has 1 N–H and O–H groups in total. The molecule has 1 aromatic rings. The molecule has 3 rings (SSSR count). The fourth-order valence-electron chi connectivity index (χ4n) is 3.12. The Labute approximate surface area is 117 Å². The summed E-state index contributed by atoms with van der Waals surface area (Å²) in [6.07, 6.45) is 4.07. The zero-order valence-corrected chi connectivity index (χ0v) is 12.3. The van der Waals surface area contributed by atoms with E-state index in [1.54, 1.807) is 11.4 Å². The minimum Gasteiger partial charge on any atom is -0.315 e. The maximum atomic E-state index is 12.9. The summed E-state index contributed by atoms with van der Waals surface area (Å²) >= 11 is 6.00. The van der Waals surface area contributed by atoms with Gasteiger partial charge in [-0.05, 0) is 25.8 Å². The molecule has 0 aromatic carbocycles. The first-order chi connectivity index (χ1) is 9.01. The molecule has 0 saturated carbocycles. The Morgan fingerprint density at radius 2 is 2.11 bits per heavy atom. The summed E-state index contributed by atoms with van der Waals surface area (Å²) in [5.41, 5.74) is 0. The average molecular weight is 305 g/mol. The highest BCUT2D eigenvalue weighted by atomic mass is 35.5. The van der Waals surface area contributed by atoms with Crippen LogP contribution in [0.1, 0.15) is 19.3 Å². The lowest BCUT2D eigenvalue weighted by molar-refractivity contribution is 0.331. The number of aryl methyl sites for hydroxylation is 1. The van der Waals surface area contributed by atoms with E-state index in [1.165, 1.54) is 10.9 Å². The van der Waals surface area contributed by atoms with Crippen LogP contribution in [-0.2, 0) is 17.1 Å². The molecule has 1 aromatic heterocycles. The summed E-state index contributed by atoms with van der Waals surface area (Å²) in [7, 11) is -1.97. The zero-order valence-electron chi connectivity index (χ0n) is 10.7. The molecule has 0 amide bonds. The summed E-state index contributed by atoms with van der Waals surface area (Å²) in [6, 6.07) is 0.111. The molecule has 2 bridgehead atoms. The molecule has 2 saturated heterocycles. The van der Waals surface area contributed by atoms with Gasteiger partial charge in [-0.25, -0.2) is 8.42 Å². The fraction of sp³-hybridized carbons (Fsp3) is 0.727. The van der Waals surface area contributed by atoms with Crippen molar-refractivity contribution in [2.24, 2.45) is 7.05 Å². The van der Waals surface area contributed by atoms with Crippen molar-refractivity contribution in [2.45, 2.75) is 36.4 Å². The maximum Gasteiger partial charge on any atom is 0.262 e. The van der Waals surface area contributed by atoms with E-state index < -0.39 is 10.0 Å². The van der Waals surface area contributed by atoms with Crippen molar-refractivity contribution in [3.8, 4) is 0 Å². The highest BCUT2D eigenvalue weighted by molar-refractivity contribution is 7.89. The minimum absolute atomic E-state index is 0.0310. The molecule has 0 radical (unpaired) electrons. The van der Waals surface area contributed by atoms with E-state index in [1.807, 2.05) is 0 Å². The van der Waals surface area contributed by atoms with Crippen LogP contribution in [0.5, 0.6) is 0 Å². The second-order valence-electron chi connectivity index (χ2n) is 5.13. The molecular weight excluding hydrogens is 288 g/mol. The average Bonchev–Trinajstić information content (AvgIpc) is 2.78. The van der Waals surface area contributed by atoms with E-state index in [0.717, 1.165) is 25.8 Å². The van der Waals surface area contributed by atoms with Crippen molar-refractivity contribution >= 4 is 21.6 Å². The second-order valence-corrected chi connectivity index (χ2v) is 7.30. The Balaban J connectivity index is 2.05. The van der Waals surface area contributed by atoms with Crippen LogP contribution in [-0.4, -0.2) is 47.7 Å². The number of rotatable bonds is 2. The minimum atomic E-state index is -3.58. The predicted octanol–water partition coefficient (Wildman–Crippen LogP) is 0.588. The first-order valence-electron chi connectivity index (χ1n) is 6.43. The third-order valence-electron chi connectivity index (χ3n) is 3.95. The number of nitrogens with one attached hydrogen (secondary N) is 1. The van der Waals surface area contributed by atoms with E-state index in [4.69, 9.17) is 11.6 Å². The van der Waals surface area contributed by atoms with Gasteiger partial charge in [0, 0.05) is 25.7 Å². The van der Waals surface area contributed by atoms with Gasteiger partial charge < -0.3 is 5.32 Å². The van der Waals surface area contributed by atoms with Gasteiger partial charge in [0.2, 0.25) is 0 Å². The van der Waals surface area contributed by atoms with Crippen LogP contribution in [0.3, 0.4) is 0 Å². The van der Waals surface area contributed by atoms with Crippen LogP contribution in [0.25, 0.3) is 0 Å². The fourth-order valence-corrected chi connectivity index (χ4v) is 5.63. The van der Waals surface area contributed by atoms with Crippen LogP contribution in [0, 0.1) is 0 Å². The molecular formula is C11H17ClN4O2S. The molecule has 0 aliphatic carbocycles. The van der Waals surface area contributed by atoms with Gasteiger partial charge in [-0.15, -0.1) is 0 Å². The van der Waals surface area contributed by atoms with Gasteiger partial charge in [0.25, 0.3) is 10.0 Å². The lowest BCUT2D eigenvalue weighted by Gasteiger charge is -2.26. The van der Waals surface area contributed by atoms with E-state index in [9.17, 15) is 8.42 Å². The Hall–Kier alpha value is -0.630. The Morgan fingerprint density at radius 3 is 2.79 bits per heavy atom. The van der Waals surface area contributed by atoms with Crippen molar-refractivity contribution < 1.29 is 8.42 Å². The monoisotopic (exact) mass is 304 g/mol. The Bertz CT molecular complexity index is 552. The molecule has 19 heavy (non-hydrogen) atoms. The van der Waals surface area contributed by atoms with Crippen LogP contribution >= 0.6 is 11.6 Å². The van der Waals surface area contributed by atoms with E-state index in [2.05, 4.69) is 10.4 Å². The molecule has 2 unspecified atom stereocenters. The topological polar surface area (TPSA) is 67.2 Å². The predicted molar refractivity (Wildman–Crippen MR) is 71.5 cm³/mol. The summed E-state index contributed by atoms with van der Waals surface area (Å²) in [5, 5.41) is 7.53. The van der Waals surface area contributed by atoms with Crippen molar-refractivity contribution in [3.63, 3.8) is 0 Å². The summed E-state index contributed by atoms with van der Waals surface area (Å²) in [5.74, 6) is 0. The molecule has 106 valence electrons. The molecule has 0 spiro atoms. The zero-order chi connectivity index (χ0) is 13.6. The Kier molecular flexibility index (Phi) is 3.33. The molecule has 2 aliphatic rings. The molecule has 3 heterocycles. The summed E-state index contributed by atoms with van der Waals surface area (Å²) in [4.78, 5) is 0. The van der Waals surface area contributed by atoms with Crippen molar-refractivity contribution in [2.75, 3.05) is 13.1 Å². The molecule has 2 fully saturated rings. The number of halogens is 1. The first-order valence-corrected chi connectivity index (χ1v) is 8.25. The smallest absolute Gasteiger partial charge is 0.262 e. The van der Waals surface area contributed by atoms with Crippen LogP contribution < -0.4 is 5.32 Å². The summed E-state index contributed by atoms with van der Waals surface area (Å²) < 4.78 is 28.7. The van der Waals surface area contributed by atoms with Crippen LogP contribution in [0.15, 0.2) is 11.2 Å². The van der Waals surface area contributed by atoms with Gasteiger partial charge in [0.1, 0.15) is 0 Å². The van der Waals surface area contributed by atoms with E-state index in [-0.39, 0.29) is 22.1 Å². The van der Waals surface area contributed by atoms with Crippen LogP contribution in [0.2, 0.25) is 5.02 Å². The second kappa shape index (κ2) is 4.73. The SMILES string of the molecule is Cn1ncc(Cl)c1S(=O)(=O)N1C2CCNCC1CC2. The van der Waals surface area contributed by atoms with Gasteiger partial charge in [-0.3, -0.25) is 4.68 Å². The van der Waals surface area contributed by atoms with E-state index in [0.29, 0.717) is 6.54 Å². The number of nitrogens with zero attached hydrogens (tertiary/aromatic N) is 3. The lowest BCUT2D eigenvalue weighted by Crippen LogP contribution is -2.43. The standard InChI is InChI=1S/C11H17ClN4O2S/c1-15-11(10(12)7-14-15)19(17,18)16-8-2-3-9(16)6-13-5-4-8/h7-9,13H,2-6H2,1H3. The van der Waals surface area contributed by atoms with Crippen molar-refractivity contribution in [1.82, 2.24) is 19.4 Å². The van der Waals surface area contributed by atoms with Gasteiger partial charge in [-0.2, -0.15) is 9.40 Å². The molecule has 2 atom stereocenters. The quantitative estimate of drug-likeness (QED) is 0.868. The van der Waals surface area contributed by atoms with Crippen LogP contribution in [0.4, 0.5) is 0 Å². The lowest BCUT2D eigenvalue weighted by atomic mass is 10.1. The van der Waals surface area contributed by atoms with Gasteiger partial charge in [0.15, 0.2) is 5.03 Å². The molecule has 6 nitrogen and oxygen atoms in total. The van der Waals surface area contributed by atoms with Crippen molar-refractivity contribution in [3.05, 3.63) is 11.2 Å². The van der Waals surface area contributed by atoms with Gasteiger partial charge >= 0.3 is 0 Å². The summed E-state index contributed by atoms with van der Waals surface area (Å²) in [6.45, 7) is 1.58. The number of hydrogen-bond acceptors (Lipinski definition) is 4. The normalized spacial score (nSPS) is 28.5. The molecule has 8 heteroatoms. The van der Waals surface area contributed by atoms with Gasteiger partial charge in [-0.1, -0.05) is 11.6 Å². The highest BCUT2D eigenvalue weighted by Gasteiger charge is 2.44. The Morgan fingerprint density at radius 1 is 1.37 bits per heavy atom. The third kappa shape index (κ3) is 2.08. The third-order valence-corrected chi connectivity index (χ3v) is 6.46.